The van der Waals surface area contributed by atoms with Crippen LogP contribution in [0.5, 0.6) is 0 Å². The maximum Gasteiger partial charge on any atom is 0.350 e. The first-order valence-corrected chi connectivity index (χ1v) is 9.30. The van der Waals surface area contributed by atoms with Crippen LogP contribution in [-0.2, 0) is 16.1 Å². The molecule has 8 nitrogen and oxygen atoms in total. The minimum Gasteiger partial charge on any atom is -0.461 e. The van der Waals surface area contributed by atoms with Crippen molar-refractivity contribution in [3.8, 4) is 0 Å². The van der Waals surface area contributed by atoms with E-state index in [0.717, 1.165) is 22.2 Å². The summed E-state index contributed by atoms with van der Waals surface area (Å²) in [6.07, 6.45) is 1.68. The van der Waals surface area contributed by atoms with Gasteiger partial charge in [-0.2, -0.15) is 5.10 Å². The Kier molecular flexibility index (Phi) is 5.41. The second-order valence-electron chi connectivity index (χ2n) is 6.59. The highest BCUT2D eigenvalue weighted by Gasteiger charge is 2.18. The van der Waals surface area contributed by atoms with Gasteiger partial charge in [0.05, 0.1) is 24.0 Å². The van der Waals surface area contributed by atoms with Gasteiger partial charge in [0.2, 0.25) is 5.91 Å². The molecular weight excluding hydrogens is 366 g/mol. The van der Waals surface area contributed by atoms with E-state index in [4.69, 9.17) is 10.5 Å². The summed E-state index contributed by atoms with van der Waals surface area (Å²) >= 11 is 1.10. The summed E-state index contributed by atoms with van der Waals surface area (Å²) in [5.41, 5.74) is 7.71. The molecule has 0 aliphatic rings. The van der Waals surface area contributed by atoms with Gasteiger partial charge in [0.25, 0.3) is 0 Å². The van der Waals surface area contributed by atoms with Crippen molar-refractivity contribution >= 4 is 44.9 Å². The Labute approximate surface area is 160 Å². The topological polar surface area (TPSA) is 112 Å². The number of fused-ring (bicyclic) bond motifs is 1. The Hall–Kier alpha value is -2.94. The van der Waals surface area contributed by atoms with Gasteiger partial charge in [-0.1, -0.05) is 25.2 Å². The molecule has 0 bridgehead atoms. The number of nitrogens with two attached hydrogens (primary N) is 1. The molecule has 0 saturated heterocycles. The van der Waals surface area contributed by atoms with E-state index < -0.39 is 5.97 Å². The average Bonchev–Trinajstić information content (AvgIpc) is 3.16. The smallest absolute Gasteiger partial charge is 0.350 e. The number of anilines is 2. The van der Waals surface area contributed by atoms with Crippen molar-refractivity contribution in [2.24, 2.45) is 5.92 Å². The monoisotopic (exact) mass is 387 g/mol. The number of esters is 1. The lowest BCUT2D eigenvalue weighted by Gasteiger charge is -2.05. The molecule has 0 saturated carbocycles. The SMILES string of the molecule is Cc1nc(NC(=O)Cn2ncc3ccc(N)cc32)sc1C(=O)OCC(C)C. The third-order valence-electron chi connectivity index (χ3n) is 3.74. The molecule has 1 aromatic carbocycles. The van der Waals surface area contributed by atoms with Crippen molar-refractivity contribution in [1.82, 2.24) is 14.8 Å². The lowest BCUT2D eigenvalue weighted by Crippen LogP contribution is -2.19. The zero-order chi connectivity index (χ0) is 19.6. The van der Waals surface area contributed by atoms with Crippen molar-refractivity contribution in [3.05, 3.63) is 35.0 Å². The van der Waals surface area contributed by atoms with Crippen LogP contribution in [0.25, 0.3) is 10.9 Å². The van der Waals surface area contributed by atoms with E-state index >= 15 is 0 Å². The van der Waals surface area contributed by atoms with Crippen LogP contribution in [0.2, 0.25) is 0 Å². The summed E-state index contributed by atoms with van der Waals surface area (Å²) in [6, 6.07) is 5.41. The maximum atomic E-state index is 12.4. The second kappa shape index (κ2) is 7.75. The molecule has 0 unspecified atom stereocenters. The van der Waals surface area contributed by atoms with Crippen molar-refractivity contribution in [3.63, 3.8) is 0 Å². The quantitative estimate of drug-likeness (QED) is 0.497. The summed E-state index contributed by atoms with van der Waals surface area (Å²) in [7, 11) is 0. The zero-order valence-corrected chi connectivity index (χ0v) is 16.2. The first-order chi connectivity index (χ1) is 12.8. The van der Waals surface area contributed by atoms with E-state index in [1.165, 1.54) is 0 Å². The Bertz CT molecular complexity index is 992. The molecule has 0 radical (unpaired) electrons. The third kappa shape index (κ3) is 4.43. The summed E-state index contributed by atoms with van der Waals surface area (Å²) in [4.78, 5) is 29.1. The number of hydrogen-bond acceptors (Lipinski definition) is 7. The number of aryl methyl sites for hydroxylation is 1. The molecule has 3 N–H and O–H groups in total. The number of thiazole rings is 1. The van der Waals surface area contributed by atoms with Crippen molar-refractivity contribution < 1.29 is 14.3 Å². The average molecular weight is 387 g/mol. The van der Waals surface area contributed by atoms with Gasteiger partial charge >= 0.3 is 5.97 Å². The Balaban J connectivity index is 1.68. The highest BCUT2D eigenvalue weighted by atomic mass is 32.1. The number of benzene rings is 1. The van der Waals surface area contributed by atoms with Crippen LogP contribution < -0.4 is 11.1 Å². The van der Waals surface area contributed by atoms with Gasteiger partial charge in [-0.15, -0.1) is 0 Å². The number of carbonyl (C=O) groups is 2. The lowest BCUT2D eigenvalue weighted by atomic mass is 10.2. The highest BCUT2D eigenvalue weighted by molar-refractivity contribution is 7.17. The van der Waals surface area contributed by atoms with E-state index in [-0.39, 0.29) is 18.4 Å². The Morgan fingerprint density at radius 2 is 2.15 bits per heavy atom. The molecule has 0 spiro atoms. The van der Waals surface area contributed by atoms with E-state index in [1.807, 2.05) is 19.9 Å². The Morgan fingerprint density at radius 1 is 1.37 bits per heavy atom. The fourth-order valence-electron chi connectivity index (χ4n) is 2.46. The normalized spacial score (nSPS) is 11.1. The summed E-state index contributed by atoms with van der Waals surface area (Å²) < 4.78 is 6.79. The summed E-state index contributed by atoms with van der Waals surface area (Å²) in [5.74, 6) is -0.467. The molecule has 3 rings (SSSR count). The Morgan fingerprint density at radius 3 is 2.89 bits per heavy atom. The van der Waals surface area contributed by atoms with Crippen LogP contribution in [0.3, 0.4) is 0 Å². The van der Waals surface area contributed by atoms with Gasteiger partial charge in [0.15, 0.2) is 5.13 Å². The number of aromatic nitrogens is 3. The van der Waals surface area contributed by atoms with Crippen LogP contribution in [-0.4, -0.2) is 33.2 Å². The molecule has 0 aliphatic carbocycles. The minimum absolute atomic E-state index is 0.0126. The molecular formula is C18H21N5O3S. The van der Waals surface area contributed by atoms with Crippen molar-refractivity contribution in [1.29, 1.82) is 0 Å². The van der Waals surface area contributed by atoms with E-state index in [1.54, 1.807) is 29.9 Å². The zero-order valence-electron chi connectivity index (χ0n) is 15.4. The molecule has 2 aromatic heterocycles. The fraction of sp³-hybridized carbons (Fsp3) is 0.333. The van der Waals surface area contributed by atoms with Crippen molar-refractivity contribution in [2.45, 2.75) is 27.3 Å². The second-order valence-corrected chi connectivity index (χ2v) is 7.59. The molecule has 2 heterocycles. The predicted molar refractivity (Wildman–Crippen MR) is 105 cm³/mol. The first kappa shape index (κ1) is 18.8. The van der Waals surface area contributed by atoms with Gasteiger partial charge in [-0.25, -0.2) is 9.78 Å². The lowest BCUT2D eigenvalue weighted by molar-refractivity contribution is -0.116. The largest absolute Gasteiger partial charge is 0.461 e. The van der Waals surface area contributed by atoms with Crippen LogP contribution in [0, 0.1) is 12.8 Å². The highest BCUT2D eigenvalue weighted by Crippen LogP contribution is 2.24. The van der Waals surface area contributed by atoms with E-state index in [9.17, 15) is 9.59 Å². The number of carbonyl (C=O) groups excluding carboxylic acids is 2. The van der Waals surface area contributed by atoms with Gasteiger partial charge < -0.3 is 15.8 Å². The van der Waals surface area contributed by atoms with Crippen LogP contribution in [0.15, 0.2) is 24.4 Å². The van der Waals surface area contributed by atoms with E-state index in [2.05, 4.69) is 15.4 Å². The molecule has 9 heteroatoms. The van der Waals surface area contributed by atoms with Gasteiger partial charge in [-0.3, -0.25) is 9.48 Å². The fourth-order valence-corrected chi connectivity index (χ4v) is 3.33. The number of nitrogen functional groups attached to an aromatic ring is 1. The number of nitrogens with one attached hydrogen (secondary N) is 1. The molecule has 3 aromatic rings. The molecule has 1 amide bonds. The van der Waals surface area contributed by atoms with Gasteiger partial charge in [0.1, 0.15) is 11.4 Å². The van der Waals surface area contributed by atoms with Gasteiger partial charge in [-0.05, 0) is 31.0 Å². The molecule has 0 aliphatic heterocycles. The summed E-state index contributed by atoms with van der Waals surface area (Å²) in [6.45, 7) is 5.99. The maximum absolute atomic E-state index is 12.4. The standard InChI is InChI=1S/C18H21N5O3S/c1-10(2)9-26-17(25)16-11(3)21-18(27-16)22-15(24)8-23-14-6-13(19)5-4-12(14)7-20-23/h4-7,10H,8-9,19H2,1-3H3,(H,21,22,24). The number of nitrogens with zero attached hydrogens (tertiary/aromatic N) is 3. The molecule has 27 heavy (non-hydrogen) atoms. The van der Waals surface area contributed by atoms with Crippen LogP contribution in [0.4, 0.5) is 10.8 Å². The third-order valence-corrected chi connectivity index (χ3v) is 4.79. The molecule has 0 atom stereocenters. The molecule has 142 valence electrons. The van der Waals surface area contributed by atoms with Crippen LogP contribution >= 0.6 is 11.3 Å². The number of rotatable bonds is 6. The minimum atomic E-state index is -0.423. The number of hydrogen-bond donors (Lipinski definition) is 2. The van der Waals surface area contributed by atoms with Gasteiger partial charge in [0, 0.05) is 11.1 Å². The number of ether oxygens (including phenoxy) is 1. The predicted octanol–water partition coefficient (Wildman–Crippen LogP) is 2.83. The van der Waals surface area contributed by atoms with Crippen molar-refractivity contribution in [2.75, 3.05) is 17.7 Å². The summed E-state index contributed by atoms with van der Waals surface area (Å²) in [5, 5.41) is 8.18. The van der Waals surface area contributed by atoms with Crippen LogP contribution in [0.1, 0.15) is 29.2 Å². The molecule has 0 fully saturated rings. The van der Waals surface area contributed by atoms with E-state index in [0.29, 0.717) is 28.0 Å². The first-order valence-electron chi connectivity index (χ1n) is 8.49. The number of amides is 1.